The van der Waals surface area contributed by atoms with Crippen molar-refractivity contribution < 1.29 is 22.8 Å². The highest BCUT2D eigenvalue weighted by molar-refractivity contribution is 5.98. The van der Waals surface area contributed by atoms with E-state index in [2.05, 4.69) is 4.98 Å². The summed E-state index contributed by atoms with van der Waals surface area (Å²) in [6.07, 6.45) is -0.994. The number of hydrogen-bond acceptors (Lipinski definition) is 3. The maximum absolute atomic E-state index is 13.0. The Bertz CT molecular complexity index is 1220. The van der Waals surface area contributed by atoms with Gasteiger partial charge < -0.3 is 9.80 Å². The third-order valence-electron chi connectivity index (χ3n) is 6.79. The summed E-state index contributed by atoms with van der Waals surface area (Å²) in [7, 11) is 0. The highest BCUT2D eigenvalue weighted by atomic mass is 19.4. The largest absolute Gasteiger partial charge is 0.416 e. The average molecular weight is 453 g/mol. The van der Waals surface area contributed by atoms with Crippen molar-refractivity contribution in [3.63, 3.8) is 0 Å². The SMILES string of the molecule is O=C(c1ccc2ncccc2c1)N1CCC2(CC1)CC(=O)N(c1ccc(C(F)(F)F)cc1)C2. The normalized spacial score (nSPS) is 18.3. The molecule has 0 radical (unpaired) electrons. The number of aromatic nitrogens is 1. The van der Waals surface area contributed by atoms with Gasteiger partial charge in [-0.2, -0.15) is 13.2 Å². The molecule has 2 aliphatic rings. The number of likely N-dealkylation sites (tertiary alicyclic amines) is 1. The van der Waals surface area contributed by atoms with Crippen molar-refractivity contribution in [1.29, 1.82) is 0 Å². The Morgan fingerprint density at radius 2 is 1.73 bits per heavy atom. The van der Waals surface area contributed by atoms with Gasteiger partial charge >= 0.3 is 6.18 Å². The van der Waals surface area contributed by atoms with Gasteiger partial charge in [0, 0.05) is 54.3 Å². The zero-order valence-electron chi connectivity index (χ0n) is 17.8. The van der Waals surface area contributed by atoms with E-state index in [1.54, 1.807) is 17.2 Å². The van der Waals surface area contributed by atoms with Crippen molar-refractivity contribution in [3.8, 4) is 0 Å². The van der Waals surface area contributed by atoms with E-state index in [4.69, 9.17) is 0 Å². The van der Waals surface area contributed by atoms with Crippen LogP contribution in [0.4, 0.5) is 18.9 Å². The van der Waals surface area contributed by atoms with Gasteiger partial charge in [0.1, 0.15) is 0 Å². The molecule has 0 aliphatic carbocycles. The number of benzene rings is 2. The van der Waals surface area contributed by atoms with E-state index in [0.717, 1.165) is 23.0 Å². The van der Waals surface area contributed by atoms with Gasteiger partial charge in [0.25, 0.3) is 5.91 Å². The van der Waals surface area contributed by atoms with Gasteiger partial charge in [-0.1, -0.05) is 6.07 Å². The number of fused-ring (bicyclic) bond motifs is 1. The molecule has 0 N–H and O–H groups in total. The van der Waals surface area contributed by atoms with E-state index in [0.29, 0.717) is 50.1 Å². The zero-order chi connectivity index (χ0) is 23.2. The van der Waals surface area contributed by atoms with Crippen molar-refractivity contribution in [2.45, 2.75) is 25.4 Å². The summed E-state index contributed by atoms with van der Waals surface area (Å²) in [6.45, 7) is 1.54. The molecule has 5 rings (SSSR count). The number of halogens is 3. The summed E-state index contributed by atoms with van der Waals surface area (Å²) >= 11 is 0. The number of pyridine rings is 1. The monoisotopic (exact) mass is 453 g/mol. The summed E-state index contributed by atoms with van der Waals surface area (Å²) in [5.74, 6) is -0.129. The van der Waals surface area contributed by atoms with Crippen LogP contribution < -0.4 is 4.90 Å². The van der Waals surface area contributed by atoms with E-state index in [1.807, 2.05) is 29.2 Å². The summed E-state index contributed by atoms with van der Waals surface area (Å²) < 4.78 is 38.5. The number of carbonyl (C=O) groups is 2. The minimum absolute atomic E-state index is 0.0421. The summed E-state index contributed by atoms with van der Waals surface area (Å²) in [6, 6.07) is 14.0. The highest BCUT2D eigenvalue weighted by Gasteiger charge is 2.46. The number of amides is 2. The molecule has 2 aliphatic heterocycles. The van der Waals surface area contributed by atoms with Crippen molar-refractivity contribution in [3.05, 3.63) is 71.9 Å². The van der Waals surface area contributed by atoms with Gasteiger partial charge in [-0.3, -0.25) is 14.6 Å². The molecular formula is C25H22F3N3O2. The Morgan fingerprint density at radius 3 is 2.42 bits per heavy atom. The number of piperidine rings is 1. The molecular weight excluding hydrogens is 431 g/mol. The Balaban J connectivity index is 1.26. The fraction of sp³-hybridized carbons (Fsp3) is 0.320. The second-order valence-corrected chi connectivity index (χ2v) is 8.90. The lowest BCUT2D eigenvalue weighted by atomic mass is 9.77. The Hall–Kier alpha value is -3.42. The first-order chi connectivity index (χ1) is 15.7. The maximum Gasteiger partial charge on any atom is 0.416 e. The second kappa shape index (κ2) is 7.86. The number of anilines is 1. The molecule has 0 bridgehead atoms. The molecule has 0 saturated carbocycles. The van der Waals surface area contributed by atoms with Crippen molar-refractivity contribution in [1.82, 2.24) is 9.88 Å². The Labute approximate surface area is 188 Å². The molecule has 3 aromatic rings. The summed E-state index contributed by atoms with van der Waals surface area (Å²) in [4.78, 5) is 33.4. The van der Waals surface area contributed by atoms with Gasteiger partial charge in [0.05, 0.1) is 11.1 Å². The van der Waals surface area contributed by atoms with Crippen LogP contribution in [0.3, 0.4) is 0 Å². The number of hydrogen-bond donors (Lipinski definition) is 0. The molecule has 1 spiro atoms. The van der Waals surface area contributed by atoms with E-state index >= 15 is 0 Å². The standard InChI is InChI=1S/C25H22F3N3O2/c26-25(27,28)19-4-6-20(7-5-19)31-16-24(15-22(31)32)9-12-30(13-10-24)23(33)18-3-8-21-17(14-18)2-1-11-29-21/h1-8,11,14H,9-10,12-13,15-16H2. The van der Waals surface area contributed by atoms with Crippen LogP contribution in [0.15, 0.2) is 60.8 Å². The molecule has 2 amide bonds. The molecule has 2 saturated heterocycles. The van der Waals surface area contributed by atoms with E-state index < -0.39 is 11.7 Å². The molecule has 8 heteroatoms. The Kier molecular flexibility index (Phi) is 5.11. The second-order valence-electron chi connectivity index (χ2n) is 8.90. The van der Waals surface area contributed by atoms with Crippen LogP contribution >= 0.6 is 0 Å². The van der Waals surface area contributed by atoms with E-state index in [1.165, 1.54) is 12.1 Å². The topological polar surface area (TPSA) is 53.5 Å². The average Bonchev–Trinajstić information content (AvgIpc) is 3.13. The molecule has 2 aromatic carbocycles. The van der Waals surface area contributed by atoms with Crippen molar-refractivity contribution in [2.75, 3.05) is 24.5 Å². The van der Waals surface area contributed by atoms with E-state index in [-0.39, 0.29) is 17.2 Å². The number of carbonyl (C=O) groups excluding carboxylic acids is 2. The predicted molar refractivity (Wildman–Crippen MR) is 118 cm³/mol. The quantitative estimate of drug-likeness (QED) is 0.554. The Morgan fingerprint density at radius 1 is 1.00 bits per heavy atom. The van der Waals surface area contributed by atoms with Gasteiger partial charge in [0.15, 0.2) is 0 Å². The van der Waals surface area contributed by atoms with Crippen LogP contribution in [0.1, 0.15) is 35.2 Å². The van der Waals surface area contributed by atoms with E-state index in [9.17, 15) is 22.8 Å². The molecule has 170 valence electrons. The van der Waals surface area contributed by atoms with Crippen molar-refractivity contribution >= 4 is 28.4 Å². The van der Waals surface area contributed by atoms with Crippen LogP contribution in [0, 0.1) is 5.41 Å². The first-order valence-corrected chi connectivity index (χ1v) is 10.9. The summed E-state index contributed by atoms with van der Waals surface area (Å²) in [5.41, 5.74) is 0.931. The first-order valence-electron chi connectivity index (χ1n) is 10.9. The van der Waals surface area contributed by atoms with Crippen molar-refractivity contribution in [2.24, 2.45) is 5.41 Å². The third-order valence-corrected chi connectivity index (χ3v) is 6.79. The van der Waals surface area contributed by atoms with Gasteiger partial charge in [-0.25, -0.2) is 0 Å². The zero-order valence-corrected chi connectivity index (χ0v) is 17.8. The number of rotatable bonds is 2. The minimum atomic E-state index is -4.41. The number of alkyl halides is 3. The first kappa shape index (κ1) is 21.4. The smallest absolute Gasteiger partial charge is 0.339 e. The van der Waals surface area contributed by atoms with Gasteiger partial charge in [0.2, 0.25) is 5.91 Å². The molecule has 1 aromatic heterocycles. The lowest BCUT2D eigenvalue weighted by Crippen LogP contribution is -2.44. The van der Waals surface area contributed by atoms with Crippen LogP contribution in [-0.4, -0.2) is 41.3 Å². The fourth-order valence-electron chi connectivity index (χ4n) is 4.87. The molecule has 3 heterocycles. The summed E-state index contributed by atoms with van der Waals surface area (Å²) in [5, 5.41) is 0.908. The molecule has 0 atom stereocenters. The molecule has 33 heavy (non-hydrogen) atoms. The van der Waals surface area contributed by atoms with Crippen LogP contribution in [0.5, 0.6) is 0 Å². The van der Waals surface area contributed by atoms with Gasteiger partial charge in [-0.15, -0.1) is 0 Å². The molecule has 5 nitrogen and oxygen atoms in total. The van der Waals surface area contributed by atoms with Crippen LogP contribution in [0.25, 0.3) is 10.9 Å². The predicted octanol–water partition coefficient (Wildman–Crippen LogP) is 4.91. The number of nitrogens with zero attached hydrogens (tertiary/aromatic N) is 3. The third kappa shape index (κ3) is 4.05. The minimum Gasteiger partial charge on any atom is -0.339 e. The maximum atomic E-state index is 13.0. The molecule has 0 unspecified atom stereocenters. The lowest BCUT2D eigenvalue weighted by Gasteiger charge is -2.38. The van der Waals surface area contributed by atoms with Crippen LogP contribution in [-0.2, 0) is 11.0 Å². The van der Waals surface area contributed by atoms with Crippen LogP contribution in [0.2, 0.25) is 0 Å². The fourth-order valence-corrected chi connectivity index (χ4v) is 4.87. The van der Waals surface area contributed by atoms with Gasteiger partial charge in [-0.05, 0) is 61.4 Å². The highest BCUT2D eigenvalue weighted by Crippen LogP contribution is 2.43. The molecule has 2 fully saturated rings. The lowest BCUT2D eigenvalue weighted by molar-refractivity contribution is -0.137.